The van der Waals surface area contributed by atoms with Crippen LogP contribution in [0.15, 0.2) is 91.1 Å². The summed E-state index contributed by atoms with van der Waals surface area (Å²) in [5.41, 5.74) is 3.40. The lowest BCUT2D eigenvalue weighted by atomic mass is 10.0. The fourth-order valence-corrected chi connectivity index (χ4v) is 6.95. The molecule has 0 unspecified atom stereocenters. The highest BCUT2D eigenvalue weighted by molar-refractivity contribution is 5.96. The Balaban J connectivity index is 1.29. The Morgan fingerprint density at radius 2 is 1.36 bits per heavy atom. The van der Waals surface area contributed by atoms with Gasteiger partial charge in [0.1, 0.15) is 18.1 Å². The van der Waals surface area contributed by atoms with Gasteiger partial charge in [0, 0.05) is 49.6 Å². The molecular weight excluding hydrogens is 674 g/mol. The number of amides is 5. The van der Waals surface area contributed by atoms with Crippen molar-refractivity contribution in [2.75, 3.05) is 26.2 Å². The van der Waals surface area contributed by atoms with Gasteiger partial charge < -0.3 is 36.7 Å². The van der Waals surface area contributed by atoms with E-state index in [1.807, 2.05) is 89.8 Å². The lowest BCUT2D eigenvalue weighted by Gasteiger charge is -2.30. The Kier molecular flexibility index (Phi) is 12.5. The Hall–Kier alpha value is -5.53. The van der Waals surface area contributed by atoms with E-state index in [0.29, 0.717) is 32.4 Å². The van der Waals surface area contributed by atoms with Crippen molar-refractivity contribution in [1.29, 1.82) is 0 Å². The van der Waals surface area contributed by atoms with Crippen molar-refractivity contribution in [1.82, 2.24) is 36.5 Å². The van der Waals surface area contributed by atoms with Crippen LogP contribution in [0, 0.1) is 0 Å². The van der Waals surface area contributed by atoms with Crippen molar-refractivity contribution in [3.05, 3.63) is 108 Å². The number of aliphatic hydroxyl groups is 1. The van der Waals surface area contributed by atoms with E-state index in [4.69, 9.17) is 0 Å². The second-order valence-corrected chi connectivity index (χ2v) is 13.9. The molecular formula is C40H47N7O6. The van der Waals surface area contributed by atoms with Crippen LogP contribution in [0.2, 0.25) is 0 Å². The van der Waals surface area contributed by atoms with Gasteiger partial charge in [0.2, 0.25) is 29.5 Å². The van der Waals surface area contributed by atoms with E-state index in [-0.39, 0.29) is 25.9 Å². The summed E-state index contributed by atoms with van der Waals surface area (Å²) in [4.78, 5) is 74.1. The molecule has 0 spiro atoms. The van der Waals surface area contributed by atoms with Gasteiger partial charge in [-0.3, -0.25) is 28.9 Å². The maximum Gasteiger partial charge on any atom is 0.243 e. The number of aromatic nitrogens is 1. The third-order valence-corrected chi connectivity index (χ3v) is 9.83. The van der Waals surface area contributed by atoms with Gasteiger partial charge in [-0.15, -0.1) is 0 Å². The molecule has 6 rings (SSSR count). The predicted octanol–water partition coefficient (Wildman–Crippen LogP) is 1.11. The van der Waals surface area contributed by atoms with Crippen LogP contribution in [-0.4, -0.2) is 101 Å². The third kappa shape index (κ3) is 10.5. The van der Waals surface area contributed by atoms with Gasteiger partial charge in [-0.05, 0) is 42.0 Å². The number of likely N-dealkylation sites (tertiary alicyclic amines) is 1. The minimum absolute atomic E-state index is 0.000788. The topological polar surface area (TPSA) is 185 Å². The predicted molar refractivity (Wildman–Crippen MR) is 199 cm³/mol. The number of rotatable bonds is 9. The summed E-state index contributed by atoms with van der Waals surface area (Å²) < 4.78 is 0. The molecule has 7 N–H and O–H groups in total. The zero-order valence-electron chi connectivity index (χ0n) is 29.6. The number of para-hydroxylation sites is 1. The lowest BCUT2D eigenvalue weighted by Crippen LogP contribution is -2.59. The Labute approximate surface area is 308 Å². The van der Waals surface area contributed by atoms with Crippen molar-refractivity contribution in [3.8, 4) is 0 Å². The van der Waals surface area contributed by atoms with E-state index < -0.39 is 66.2 Å². The van der Waals surface area contributed by atoms with Crippen LogP contribution in [0.1, 0.15) is 36.0 Å². The maximum absolute atomic E-state index is 14.2. The van der Waals surface area contributed by atoms with Crippen LogP contribution in [0.4, 0.5) is 0 Å². The molecule has 0 bridgehead atoms. The number of carbonyl (C=O) groups excluding carboxylic acids is 5. The van der Waals surface area contributed by atoms with Gasteiger partial charge in [-0.1, -0.05) is 78.9 Å². The average molecular weight is 722 g/mol. The first-order valence-electron chi connectivity index (χ1n) is 18.2. The first-order valence-corrected chi connectivity index (χ1v) is 18.2. The molecule has 13 nitrogen and oxygen atoms in total. The largest absolute Gasteiger partial charge is 0.393 e. The third-order valence-electron chi connectivity index (χ3n) is 9.83. The van der Waals surface area contributed by atoms with E-state index in [9.17, 15) is 29.1 Å². The Morgan fingerprint density at radius 3 is 2.08 bits per heavy atom. The number of aromatic amines is 1. The van der Waals surface area contributed by atoms with Crippen molar-refractivity contribution in [3.63, 3.8) is 0 Å². The standard InChI is InChI=1S/C40H47N7O6/c48-30-15-17-47(18-16-30)25-37(50)45-35-22-36(49)44-34(21-28-23-41-32-14-8-7-13-31(28)32)40(53)46-33(20-27-11-5-2-6-12-27)39(52)43-29(24-42-38(35)51)19-26-9-3-1-4-10-26/h1-14,23,29-30,33-35,41,48H,15-22,24-25H2,(H,42,51)(H,43,52)(H,44,49)(H,45,50)(H,46,53)/t29-,33+,34+,35-/m1/s1. The van der Waals surface area contributed by atoms with Gasteiger partial charge in [0.25, 0.3) is 0 Å². The number of H-pyrrole nitrogens is 1. The quantitative estimate of drug-likeness (QED) is 0.135. The van der Waals surface area contributed by atoms with Crippen molar-refractivity contribution in [2.45, 2.75) is 68.8 Å². The van der Waals surface area contributed by atoms with Gasteiger partial charge in [0.05, 0.1) is 25.1 Å². The molecule has 2 aliphatic heterocycles. The normalized spacial score (nSPS) is 22.6. The number of benzene rings is 3. The minimum atomic E-state index is -1.25. The highest BCUT2D eigenvalue weighted by atomic mass is 16.3. The molecule has 5 amide bonds. The fourth-order valence-electron chi connectivity index (χ4n) is 6.95. The summed E-state index contributed by atoms with van der Waals surface area (Å²) in [7, 11) is 0. The summed E-state index contributed by atoms with van der Waals surface area (Å²) in [6.07, 6.45) is 2.71. The molecule has 53 heavy (non-hydrogen) atoms. The summed E-state index contributed by atoms with van der Waals surface area (Å²) in [6.45, 7) is 1.07. The van der Waals surface area contributed by atoms with E-state index in [2.05, 4.69) is 31.6 Å². The molecule has 2 saturated heterocycles. The molecule has 3 heterocycles. The summed E-state index contributed by atoms with van der Waals surface area (Å²) in [5.74, 6) is -2.66. The van der Waals surface area contributed by atoms with Gasteiger partial charge in [0.15, 0.2) is 0 Å². The minimum Gasteiger partial charge on any atom is -0.393 e. The molecule has 3 aromatic carbocycles. The average Bonchev–Trinajstić information content (AvgIpc) is 3.56. The summed E-state index contributed by atoms with van der Waals surface area (Å²) >= 11 is 0. The SMILES string of the molecule is O=C1C[C@@H](NC(=O)CN2CCC(O)CC2)C(=O)NC[C@@H](Cc2ccccc2)NC(=O)[C@H](Cc2ccccc2)NC(=O)[C@H](Cc2c[nH]c3ccccc23)N1. The lowest BCUT2D eigenvalue weighted by molar-refractivity contribution is -0.135. The second kappa shape index (κ2) is 17.8. The van der Waals surface area contributed by atoms with E-state index in [1.165, 1.54) is 0 Å². The zero-order chi connectivity index (χ0) is 37.2. The van der Waals surface area contributed by atoms with E-state index in [0.717, 1.165) is 27.6 Å². The highest BCUT2D eigenvalue weighted by Crippen LogP contribution is 2.20. The molecule has 2 aliphatic rings. The van der Waals surface area contributed by atoms with Crippen molar-refractivity contribution >= 4 is 40.4 Å². The highest BCUT2D eigenvalue weighted by Gasteiger charge is 2.33. The number of hydrogen-bond acceptors (Lipinski definition) is 7. The second-order valence-electron chi connectivity index (χ2n) is 13.9. The number of piperidine rings is 1. The van der Waals surface area contributed by atoms with Crippen LogP contribution in [0.3, 0.4) is 0 Å². The molecule has 0 aliphatic carbocycles. The number of hydrogen-bond donors (Lipinski definition) is 7. The van der Waals surface area contributed by atoms with E-state index in [1.54, 1.807) is 6.20 Å². The van der Waals surface area contributed by atoms with Crippen LogP contribution in [-0.2, 0) is 43.2 Å². The molecule has 13 heteroatoms. The number of nitrogens with zero attached hydrogens (tertiary/aromatic N) is 1. The van der Waals surface area contributed by atoms with Crippen LogP contribution in [0.5, 0.6) is 0 Å². The van der Waals surface area contributed by atoms with Crippen LogP contribution in [0.25, 0.3) is 10.9 Å². The first kappa shape index (κ1) is 37.2. The first-order chi connectivity index (χ1) is 25.7. The zero-order valence-corrected chi connectivity index (χ0v) is 29.6. The molecule has 4 atom stereocenters. The fraction of sp³-hybridized carbons (Fsp3) is 0.375. The smallest absolute Gasteiger partial charge is 0.243 e. The molecule has 0 saturated carbocycles. The van der Waals surface area contributed by atoms with Crippen LogP contribution >= 0.6 is 0 Å². The van der Waals surface area contributed by atoms with Gasteiger partial charge in [-0.25, -0.2) is 0 Å². The van der Waals surface area contributed by atoms with Crippen LogP contribution < -0.4 is 26.6 Å². The maximum atomic E-state index is 14.2. The molecule has 4 aromatic rings. The van der Waals surface area contributed by atoms with E-state index >= 15 is 0 Å². The molecule has 2 fully saturated rings. The van der Waals surface area contributed by atoms with Crippen molar-refractivity contribution < 1.29 is 29.1 Å². The monoisotopic (exact) mass is 721 g/mol. The molecule has 1 aromatic heterocycles. The Morgan fingerprint density at radius 1 is 0.736 bits per heavy atom. The summed E-state index contributed by atoms with van der Waals surface area (Å²) in [5, 5.41) is 25.2. The Bertz CT molecular complexity index is 1880. The number of nitrogens with one attached hydrogen (secondary N) is 6. The molecule has 0 radical (unpaired) electrons. The number of carbonyl (C=O) groups is 5. The van der Waals surface area contributed by atoms with Gasteiger partial charge in [-0.2, -0.15) is 0 Å². The van der Waals surface area contributed by atoms with Crippen molar-refractivity contribution in [2.24, 2.45) is 0 Å². The van der Waals surface area contributed by atoms with Gasteiger partial charge >= 0.3 is 0 Å². The summed E-state index contributed by atoms with van der Waals surface area (Å²) in [6, 6.07) is 22.5. The molecule has 278 valence electrons. The number of aliphatic hydroxyl groups excluding tert-OH is 1. The number of fused-ring (bicyclic) bond motifs is 1.